The molecule has 68 valence electrons. The lowest BCUT2D eigenvalue weighted by Gasteiger charge is -1.89. The standard InChI is InChI=1S/C8H9N3S2/c1-5-2-3-7(13-5)6-4-12-8(10-6)11-9/h2-4H,9H2,1H3,(H,10,11). The number of hydrogen-bond acceptors (Lipinski definition) is 5. The molecule has 0 amide bonds. The highest BCUT2D eigenvalue weighted by atomic mass is 32.1. The first-order chi connectivity index (χ1) is 6.29. The van der Waals surface area contributed by atoms with Crippen molar-refractivity contribution in [2.75, 3.05) is 5.43 Å². The van der Waals surface area contributed by atoms with Crippen molar-refractivity contribution in [3.63, 3.8) is 0 Å². The Bertz CT molecular complexity index is 405. The van der Waals surface area contributed by atoms with Crippen molar-refractivity contribution < 1.29 is 0 Å². The minimum Gasteiger partial charge on any atom is -0.300 e. The summed E-state index contributed by atoms with van der Waals surface area (Å²) in [5, 5.41) is 2.75. The molecule has 0 radical (unpaired) electrons. The predicted octanol–water partition coefficient (Wildman–Crippen LogP) is 2.47. The van der Waals surface area contributed by atoms with Crippen LogP contribution >= 0.6 is 22.7 Å². The molecule has 0 aliphatic carbocycles. The molecule has 13 heavy (non-hydrogen) atoms. The first-order valence-electron chi connectivity index (χ1n) is 3.78. The number of aryl methyl sites for hydroxylation is 1. The molecule has 0 saturated carbocycles. The van der Waals surface area contributed by atoms with Crippen LogP contribution in [-0.4, -0.2) is 4.98 Å². The van der Waals surface area contributed by atoms with Crippen molar-refractivity contribution in [2.45, 2.75) is 6.92 Å². The highest BCUT2D eigenvalue weighted by molar-refractivity contribution is 7.16. The lowest BCUT2D eigenvalue weighted by Crippen LogP contribution is -2.05. The average molecular weight is 211 g/mol. The fraction of sp³-hybridized carbons (Fsp3) is 0.125. The molecule has 0 unspecified atom stereocenters. The first-order valence-corrected chi connectivity index (χ1v) is 5.48. The molecule has 3 N–H and O–H groups in total. The quantitative estimate of drug-likeness (QED) is 0.592. The van der Waals surface area contributed by atoms with E-state index < -0.39 is 0 Å². The maximum absolute atomic E-state index is 5.25. The number of thiazole rings is 1. The summed E-state index contributed by atoms with van der Waals surface area (Å²) in [5.41, 5.74) is 3.53. The average Bonchev–Trinajstić information content (AvgIpc) is 2.71. The number of hydrazine groups is 1. The van der Waals surface area contributed by atoms with E-state index in [4.69, 9.17) is 5.84 Å². The zero-order valence-electron chi connectivity index (χ0n) is 7.07. The maximum atomic E-state index is 5.25. The van der Waals surface area contributed by atoms with Gasteiger partial charge in [-0.1, -0.05) is 0 Å². The zero-order chi connectivity index (χ0) is 9.26. The Balaban J connectivity index is 2.35. The van der Waals surface area contributed by atoms with Gasteiger partial charge in [-0.2, -0.15) is 0 Å². The Morgan fingerprint density at radius 1 is 1.46 bits per heavy atom. The third-order valence-corrected chi connectivity index (χ3v) is 3.42. The Morgan fingerprint density at radius 2 is 2.31 bits per heavy atom. The fourth-order valence-corrected chi connectivity index (χ4v) is 2.55. The van der Waals surface area contributed by atoms with Crippen LogP contribution in [0.2, 0.25) is 0 Å². The van der Waals surface area contributed by atoms with Gasteiger partial charge in [0, 0.05) is 10.3 Å². The molecule has 3 nitrogen and oxygen atoms in total. The smallest absolute Gasteiger partial charge is 0.197 e. The van der Waals surface area contributed by atoms with Gasteiger partial charge in [-0.25, -0.2) is 10.8 Å². The molecule has 2 rings (SSSR count). The normalized spacial score (nSPS) is 10.3. The van der Waals surface area contributed by atoms with Crippen LogP contribution in [0.15, 0.2) is 17.5 Å². The SMILES string of the molecule is Cc1ccc(-c2csc(NN)n2)s1. The Kier molecular flexibility index (Phi) is 2.30. The topological polar surface area (TPSA) is 50.9 Å². The number of nitrogens with zero attached hydrogens (tertiary/aromatic N) is 1. The number of aromatic nitrogens is 1. The second kappa shape index (κ2) is 3.45. The van der Waals surface area contributed by atoms with Gasteiger partial charge in [0.15, 0.2) is 5.13 Å². The number of nitrogens with one attached hydrogen (secondary N) is 1. The van der Waals surface area contributed by atoms with Crippen LogP contribution in [0.4, 0.5) is 5.13 Å². The highest BCUT2D eigenvalue weighted by Crippen LogP contribution is 2.29. The van der Waals surface area contributed by atoms with Crippen LogP contribution in [0.3, 0.4) is 0 Å². The molecule has 0 spiro atoms. The molecule has 0 aliphatic rings. The van der Waals surface area contributed by atoms with Gasteiger partial charge in [-0.3, -0.25) is 5.43 Å². The molecule has 0 bridgehead atoms. The monoisotopic (exact) mass is 211 g/mol. The van der Waals surface area contributed by atoms with E-state index in [1.807, 2.05) is 5.38 Å². The first kappa shape index (κ1) is 8.68. The molecule has 2 aromatic rings. The van der Waals surface area contributed by atoms with Gasteiger partial charge >= 0.3 is 0 Å². The maximum Gasteiger partial charge on any atom is 0.197 e. The van der Waals surface area contributed by atoms with Gasteiger partial charge < -0.3 is 0 Å². The summed E-state index contributed by atoms with van der Waals surface area (Å²) >= 11 is 3.25. The molecule has 0 saturated heterocycles. The van der Waals surface area contributed by atoms with E-state index in [0.29, 0.717) is 0 Å². The van der Waals surface area contributed by atoms with E-state index in [-0.39, 0.29) is 0 Å². The zero-order valence-corrected chi connectivity index (χ0v) is 8.71. The van der Waals surface area contributed by atoms with E-state index in [0.717, 1.165) is 10.8 Å². The summed E-state index contributed by atoms with van der Waals surface area (Å²) in [5.74, 6) is 5.25. The van der Waals surface area contributed by atoms with Gasteiger partial charge in [0.2, 0.25) is 0 Å². The van der Waals surface area contributed by atoms with Gasteiger partial charge in [0.05, 0.1) is 10.6 Å². The van der Waals surface area contributed by atoms with Crippen LogP contribution in [0.25, 0.3) is 10.6 Å². The second-order valence-electron chi connectivity index (χ2n) is 2.59. The fourth-order valence-electron chi connectivity index (χ4n) is 1.03. The van der Waals surface area contributed by atoms with Crippen LogP contribution < -0.4 is 11.3 Å². The molecule has 0 aromatic carbocycles. The van der Waals surface area contributed by atoms with Crippen LogP contribution in [0.5, 0.6) is 0 Å². The van der Waals surface area contributed by atoms with Crippen molar-refractivity contribution in [1.82, 2.24) is 4.98 Å². The van der Waals surface area contributed by atoms with Gasteiger partial charge in [-0.15, -0.1) is 22.7 Å². The number of anilines is 1. The number of hydrogen-bond donors (Lipinski definition) is 2. The third kappa shape index (κ3) is 1.72. The van der Waals surface area contributed by atoms with E-state index >= 15 is 0 Å². The van der Waals surface area contributed by atoms with Gasteiger partial charge in [-0.05, 0) is 19.1 Å². The van der Waals surface area contributed by atoms with Crippen molar-refractivity contribution >= 4 is 27.8 Å². The lowest BCUT2D eigenvalue weighted by atomic mass is 10.4. The predicted molar refractivity (Wildman–Crippen MR) is 58.0 cm³/mol. The van der Waals surface area contributed by atoms with E-state index in [2.05, 4.69) is 29.5 Å². The lowest BCUT2D eigenvalue weighted by molar-refractivity contribution is 1.29. The Labute approximate surface area is 84.2 Å². The molecule has 0 atom stereocenters. The van der Waals surface area contributed by atoms with E-state index in [9.17, 15) is 0 Å². The highest BCUT2D eigenvalue weighted by Gasteiger charge is 2.04. The largest absolute Gasteiger partial charge is 0.300 e. The molecular weight excluding hydrogens is 202 g/mol. The minimum atomic E-state index is 0.751. The van der Waals surface area contributed by atoms with Crippen LogP contribution in [-0.2, 0) is 0 Å². The number of rotatable bonds is 2. The summed E-state index contributed by atoms with van der Waals surface area (Å²) in [6.45, 7) is 2.09. The van der Waals surface area contributed by atoms with Gasteiger partial charge in [0.25, 0.3) is 0 Å². The number of nitrogen functional groups attached to an aromatic ring is 1. The summed E-state index contributed by atoms with van der Waals surface area (Å²) < 4.78 is 0. The summed E-state index contributed by atoms with van der Waals surface area (Å²) in [6.07, 6.45) is 0. The Morgan fingerprint density at radius 3 is 2.85 bits per heavy atom. The van der Waals surface area contributed by atoms with Crippen LogP contribution in [0, 0.1) is 6.92 Å². The second-order valence-corrected chi connectivity index (χ2v) is 4.74. The summed E-state index contributed by atoms with van der Waals surface area (Å²) in [6, 6.07) is 4.17. The Hall–Kier alpha value is -0.910. The number of thiophene rings is 1. The summed E-state index contributed by atoms with van der Waals surface area (Å²) in [4.78, 5) is 6.79. The molecule has 0 fully saturated rings. The van der Waals surface area contributed by atoms with E-state index in [1.54, 1.807) is 11.3 Å². The van der Waals surface area contributed by atoms with Crippen molar-refractivity contribution in [1.29, 1.82) is 0 Å². The molecular formula is C8H9N3S2. The van der Waals surface area contributed by atoms with Crippen molar-refractivity contribution in [3.05, 3.63) is 22.4 Å². The summed E-state index contributed by atoms with van der Waals surface area (Å²) in [7, 11) is 0. The molecule has 0 aliphatic heterocycles. The molecule has 2 heterocycles. The third-order valence-electron chi connectivity index (χ3n) is 1.62. The molecule has 2 aromatic heterocycles. The minimum absolute atomic E-state index is 0.751. The van der Waals surface area contributed by atoms with Crippen LogP contribution in [0.1, 0.15) is 4.88 Å². The van der Waals surface area contributed by atoms with Crippen molar-refractivity contribution in [2.24, 2.45) is 5.84 Å². The van der Waals surface area contributed by atoms with E-state index in [1.165, 1.54) is 21.1 Å². The van der Waals surface area contributed by atoms with Crippen molar-refractivity contribution in [3.8, 4) is 10.6 Å². The van der Waals surface area contributed by atoms with Gasteiger partial charge in [0.1, 0.15) is 0 Å². The molecule has 5 heteroatoms. The number of nitrogens with two attached hydrogens (primary N) is 1.